The fraction of sp³-hybridized carbons (Fsp3) is 0.500. The highest BCUT2D eigenvalue weighted by molar-refractivity contribution is 7.80. The molecule has 0 spiro atoms. The van der Waals surface area contributed by atoms with Gasteiger partial charge in [0.25, 0.3) is 11.8 Å². The zero-order valence-corrected chi connectivity index (χ0v) is 13.5. The van der Waals surface area contributed by atoms with E-state index in [4.69, 9.17) is 16.6 Å². The monoisotopic (exact) mass is 324 g/mol. The van der Waals surface area contributed by atoms with Crippen LogP contribution in [-0.2, 0) is 4.79 Å². The fourth-order valence-corrected chi connectivity index (χ4v) is 2.57. The van der Waals surface area contributed by atoms with Crippen LogP contribution in [-0.4, -0.2) is 52.6 Å². The molecule has 2 rings (SSSR count). The van der Waals surface area contributed by atoms with Crippen molar-refractivity contribution in [2.75, 3.05) is 19.6 Å². The highest BCUT2D eigenvalue weighted by Crippen LogP contribution is 2.11. The Hall–Kier alpha value is -2.09. The second-order valence-corrected chi connectivity index (χ2v) is 5.64. The summed E-state index contributed by atoms with van der Waals surface area (Å²) >= 11 is 5.31. The van der Waals surface area contributed by atoms with Crippen LogP contribution in [0.15, 0.2) is 22.8 Å². The number of hydrazine groups is 1. The molecule has 1 aliphatic rings. The van der Waals surface area contributed by atoms with Crippen LogP contribution in [0.25, 0.3) is 0 Å². The van der Waals surface area contributed by atoms with E-state index in [2.05, 4.69) is 10.6 Å². The number of hydrogen-bond donors (Lipinski definition) is 2. The van der Waals surface area contributed by atoms with E-state index in [1.54, 1.807) is 22.2 Å². The van der Waals surface area contributed by atoms with Crippen LogP contribution in [0.4, 0.5) is 0 Å². The maximum atomic E-state index is 12.3. The molecular formula is C14H20N4O3S. The van der Waals surface area contributed by atoms with E-state index in [-0.39, 0.29) is 24.3 Å². The predicted molar refractivity (Wildman–Crippen MR) is 84.9 cm³/mol. The number of furan rings is 1. The molecule has 0 aromatic carbocycles. The van der Waals surface area contributed by atoms with Crippen LogP contribution in [0.2, 0.25) is 0 Å². The van der Waals surface area contributed by atoms with E-state index in [0.717, 1.165) is 6.42 Å². The van der Waals surface area contributed by atoms with Crippen molar-refractivity contribution in [3.8, 4) is 0 Å². The number of rotatable bonds is 4. The Morgan fingerprint density at radius 3 is 2.73 bits per heavy atom. The zero-order valence-electron chi connectivity index (χ0n) is 12.7. The predicted octanol–water partition coefficient (Wildman–Crippen LogP) is 0.742. The van der Waals surface area contributed by atoms with Gasteiger partial charge in [0.1, 0.15) is 0 Å². The van der Waals surface area contributed by atoms with Crippen molar-refractivity contribution in [1.82, 2.24) is 20.7 Å². The lowest BCUT2D eigenvalue weighted by Gasteiger charge is -2.31. The minimum atomic E-state index is -0.410. The van der Waals surface area contributed by atoms with E-state index < -0.39 is 5.91 Å². The summed E-state index contributed by atoms with van der Waals surface area (Å²) in [6, 6.07) is 3.36. The highest BCUT2D eigenvalue weighted by Gasteiger charge is 2.29. The van der Waals surface area contributed by atoms with Gasteiger partial charge in [-0.1, -0.05) is 0 Å². The van der Waals surface area contributed by atoms with Crippen molar-refractivity contribution in [3.05, 3.63) is 24.2 Å². The molecule has 2 heterocycles. The number of hydrogen-bond acceptors (Lipinski definition) is 4. The molecule has 22 heavy (non-hydrogen) atoms. The van der Waals surface area contributed by atoms with E-state index in [1.807, 2.05) is 13.8 Å². The smallest absolute Gasteiger partial charge is 0.287 e. The van der Waals surface area contributed by atoms with Crippen molar-refractivity contribution < 1.29 is 14.0 Å². The first-order valence-electron chi connectivity index (χ1n) is 7.19. The van der Waals surface area contributed by atoms with E-state index in [9.17, 15) is 9.59 Å². The van der Waals surface area contributed by atoms with Crippen molar-refractivity contribution in [2.45, 2.75) is 26.3 Å². The molecule has 1 saturated heterocycles. The molecule has 0 aliphatic carbocycles. The molecule has 8 heteroatoms. The number of nitrogens with one attached hydrogen (secondary N) is 2. The number of carbonyl (C=O) groups excluding carboxylic acids is 2. The number of nitrogens with zero attached hydrogens (tertiary/aromatic N) is 2. The van der Waals surface area contributed by atoms with Crippen LogP contribution in [0, 0.1) is 0 Å². The Morgan fingerprint density at radius 1 is 1.36 bits per heavy atom. The molecule has 1 aliphatic heterocycles. The van der Waals surface area contributed by atoms with Crippen LogP contribution >= 0.6 is 12.2 Å². The molecule has 0 radical (unpaired) electrons. The first-order chi connectivity index (χ1) is 10.5. The minimum absolute atomic E-state index is 0.0969. The third-order valence-corrected chi connectivity index (χ3v) is 3.44. The first-order valence-corrected chi connectivity index (χ1v) is 7.60. The third-order valence-electron chi connectivity index (χ3n) is 3.11. The van der Waals surface area contributed by atoms with Crippen molar-refractivity contribution >= 4 is 29.1 Å². The van der Waals surface area contributed by atoms with E-state index >= 15 is 0 Å². The SMILES string of the molecule is CC(C)NC(=S)N1CCCN1C(=O)CNC(=O)c1ccco1. The van der Waals surface area contributed by atoms with Gasteiger partial charge in [-0.3, -0.25) is 19.6 Å². The standard InChI is InChI=1S/C14H20N4O3S/c1-10(2)16-14(22)18-7-4-6-17(18)12(19)9-15-13(20)11-5-3-8-21-11/h3,5,8,10H,4,6-7,9H2,1-2H3,(H,15,20)(H,16,22). The Kier molecular flexibility index (Phi) is 5.37. The molecule has 2 amide bonds. The Labute approximate surface area is 134 Å². The lowest BCUT2D eigenvalue weighted by atomic mass is 10.4. The van der Waals surface area contributed by atoms with Gasteiger partial charge in [0.05, 0.1) is 12.8 Å². The molecule has 1 aromatic rings. The fourth-order valence-electron chi connectivity index (χ4n) is 2.15. The number of thiocarbonyl (C=S) groups is 1. The van der Waals surface area contributed by atoms with E-state index in [0.29, 0.717) is 18.2 Å². The molecule has 1 fully saturated rings. The molecule has 1 aromatic heterocycles. The molecule has 7 nitrogen and oxygen atoms in total. The summed E-state index contributed by atoms with van der Waals surface area (Å²) in [5, 5.41) is 9.51. The van der Waals surface area contributed by atoms with E-state index in [1.165, 1.54) is 6.26 Å². The average Bonchev–Trinajstić information content (AvgIpc) is 3.13. The summed E-state index contributed by atoms with van der Waals surface area (Å²) in [4.78, 5) is 24.0. The Balaban J connectivity index is 1.88. The van der Waals surface area contributed by atoms with Gasteiger partial charge < -0.3 is 15.1 Å². The van der Waals surface area contributed by atoms with Crippen molar-refractivity contribution in [1.29, 1.82) is 0 Å². The first kappa shape index (κ1) is 16.3. The van der Waals surface area contributed by atoms with Gasteiger partial charge in [0, 0.05) is 19.1 Å². The van der Waals surface area contributed by atoms with Gasteiger partial charge in [0.2, 0.25) is 0 Å². The summed E-state index contributed by atoms with van der Waals surface area (Å²) in [5.74, 6) is -0.430. The lowest BCUT2D eigenvalue weighted by molar-refractivity contribution is -0.137. The molecule has 0 unspecified atom stereocenters. The number of amides is 2. The molecule has 0 atom stereocenters. The quantitative estimate of drug-likeness (QED) is 0.796. The lowest BCUT2D eigenvalue weighted by Crippen LogP contribution is -2.52. The van der Waals surface area contributed by atoms with Crippen LogP contribution < -0.4 is 10.6 Å². The van der Waals surface area contributed by atoms with Crippen molar-refractivity contribution in [3.63, 3.8) is 0 Å². The molecule has 120 valence electrons. The van der Waals surface area contributed by atoms with Gasteiger partial charge in [-0.25, -0.2) is 0 Å². The van der Waals surface area contributed by atoms with Crippen LogP contribution in [0.3, 0.4) is 0 Å². The highest BCUT2D eigenvalue weighted by atomic mass is 32.1. The molecule has 0 saturated carbocycles. The van der Waals surface area contributed by atoms with Gasteiger partial charge >= 0.3 is 0 Å². The normalized spacial score (nSPS) is 14.3. The largest absolute Gasteiger partial charge is 0.459 e. The molecule has 0 bridgehead atoms. The summed E-state index contributed by atoms with van der Waals surface area (Å²) in [6.45, 7) is 5.16. The van der Waals surface area contributed by atoms with Gasteiger partial charge in [0.15, 0.2) is 10.9 Å². The van der Waals surface area contributed by atoms with Crippen molar-refractivity contribution in [2.24, 2.45) is 0 Å². The zero-order chi connectivity index (χ0) is 16.1. The van der Waals surface area contributed by atoms with Gasteiger partial charge in [-0.05, 0) is 44.6 Å². The maximum Gasteiger partial charge on any atom is 0.287 e. The second-order valence-electron chi connectivity index (χ2n) is 5.26. The Bertz CT molecular complexity index is 544. The summed E-state index contributed by atoms with van der Waals surface area (Å²) < 4.78 is 4.98. The Morgan fingerprint density at radius 2 is 2.09 bits per heavy atom. The maximum absolute atomic E-state index is 12.3. The second kappa shape index (κ2) is 7.26. The van der Waals surface area contributed by atoms with Crippen LogP contribution in [0.5, 0.6) is 0 Å². The number of carbonyl (C=O) groups is 2. The third kappa shape index (κ3) is 3.97. The molecular weight excluding hydrogens is 304 g/mol. The average molecular weight is 324 g/mol. The summed E-state index contributed by atoms with van der Waals surface area (Å²) in [6.07, 6.45) is 2.26. The van der Waals surface area contributed by atoms with Gasteiger partial charge in [-0.15, -0.1) is 0 Å². The summed E-state index contributed by atoms with van der Waals surface area (Å²) in [7, 11) is 0. The van der Waals surface area contributed by atoms with Gasteiger partial charge in [-0.2, -0.15) is 0 Å². The minimum Gasteiger partial charge on any atom is -0.459 e. The van der Waals surface area contributed by atoms with Crippen LogP contribution in [0.1, 0.15) is 30.8 Å². The topological polar surface area (TPSA) is 77.8 Å². The molecule has 2 N–H and O–H groups in total. The summed E-state index contributed by atoms with van der Waals surface area (Å²) in [5.41, 5.74) is 0.